The topological polar surface area (TPSA) is 50.6 Å². The third kappa shape index (κ3) is 4.66. The minimum atomic E-state index is 0.212. The van der Waals surface area contributed by atoms with E-state index in [-0.39, 0.29) is 5.91 Å². The quantitative estimate of drug-likeness (QED) is 0.649. The summed E-state index contributed by atoms with van der Waals surface area (Å²) in [6.07, 6.45) is 4.39. The molecule has 1 aliphatic heterocycles. The number of nitrogens with zero attached hydrogens (tertiary/aromatic N) is 4. The summed E-state index contributed by atoms with van der Waals surface area (Å²) in [5, 5.41) is 0. The minimum Gasteiger partial charge on any atom is -0.497 e. The molecule has 0 unspecified atom stereocenters. The Balaban J connectivity index is 1.40. The van der Waals surface area contributed by atoms with Gasteiger partial charge in [-0.25, -0.2) is 4.98 Å². The first-order valence-corrected chi connectivity index (χ1v) is 9.93. The van der Waals surface area contributed by atoms with Crippen LogP contribution in [0.4, 0.5) is 0 Å². The zero-order chi connectivity index (χ0) is 20.1. The SMILES string of the molecule is COc1ccc(CN2CCN(Cc3cccn3-c3ccccn3)CCC2=O)cc1. The van der Waals surface area contributed by atoms with Crippen molar-refractivity contribution < 1.29 is 9.53 Å². The van der Waals surface area contributed by atoms with Crippen molar-refractivity contribution in [3.05, 3.63) is 78.2 Å². The lowest BCUT2D eigenvalue weighted by Gasteiger charge is -2.22. The zero-order valence-corrected chi connectivity index (χ0v) is 16.7. The van der Waals surface area contributed by atoms with E-state index in [0.29, 0.717) is 13.0 Å². The Morgan fingerprint density at radius 1 is 0.966 bits per heavy atom. The number of amides is 1. The van der Waals surface area contributed by atoms with Crippen LogP contribution in [0.1, 0.15) is 17.7 Å². The third-order valence-corrected chi connectivity index (χ3v) is 5.33. The number of methoxy groups -OCH3 is 1. The van der Waals surface area contributed by atoms with Gasteiger partial charge in [0.05, 0.1) is 7.11 Å². The number of ether oxygens (including phenoxy) is 1. The van der Waals surface area contributed by atoms with Gasteiger partial charge in [-0.2, -0.15) is 0 Å². The normalized spacial score (nSPS) is 15.3. The lowest BCUT2D eigenvalue weighted by molar-refractivity contribution is -0.130. The molecule has 1 aromatic carbocycles. The van der Waals surface area contributed by atoms with Crippen LogP contribution in [0.15, 0.2) is 67.0 Å². The highest BCUT2D eigenvalue weighted by Crippen LogP contribution is 2.17. The first-order chi connectivity index (χ1) is 14.2. The molecule has 1 saturated heterocycles. The average Bonchev–Trinajstić information content (AvgIpc) is 3.16. The standard InChI is InChI=1S/C23H26N4O2/c1-29-21-9-7-19(8-10-21)17-26-16-15-25(14-11-23(26)28)18-20-5-4-13-27(20)22-6-2-3-12-24-22/h2-10,12-13H,11,14-18H2,1H3. The summed E-state index contributed by atoms with van der Waals surface area (Å²) in [5.74, 6) is 1.96. The van der Waals surface area contributed by atoms with Gasteiger partial charge in [0.25, 0.3) is 0 Å². The molecule has 6 heteroatoms. The van der Waals surface area contributed by atoms with Gasteiger partial charge in [0.2, 0.25) is 5.91 Å². The van der Waals surface area contributed by atoms with Crippen LogP contribution in [-0.4, -0.2) is 52.0 Å². The molecule has 0 aliphatic carbocycles. The van der Waals surface area contributed by atoms with E-state index in [2.05, 4.69) is 20.5 Å². The van der Waals surface area contributed by atoms with Crippen molar-refractivity contribution in [2.75, 3.05) is 26.7 Å². The van der Waals surface area contributed by atoms with E-state index in [1.807, 2.05) is 59.6 Å². The Morgan fingerprint density at radius 3 is 2.59 bits per heavy atom. The van der Waals surface area contributed by atoms with Gasteiger partial charge in [0.1, 0.15) is 11.6 Å². The summed E-state index contributed by atoms with van der Waals surface area (Å²) in [5.41, 5.74) is 2.30. The first-order valence-electron chi connectivity index (χ1n) is 9.93. The van der Waals surface area contributed by atoms with Crippen molar-refractivity contribution in [3.8, 4) is 11.6 Å². The molecule has 3 aromatic rings. The Labute approximate surface area is 171 Å². The lowest BCUT2D eigenvalue weighted by atomic mass is 10.2. The van der Waals surface area contributed by atoms with E-state index in [9.17, 15) is 4.79 Å². The van der Waals surface area contributed by atoms with Crippen LogP contribution >= 0.6 is 0 Å². The Hall–Kier alpha value is -3.12. The molecule has 1 fully saturated rings. The van der Waals surface area contributed by atoms with Crippen LogP contribution in [0, 0.1) is 0 Å². The second-order valence-electron chi connectivity index (χ2n) is 7.25. The van der Waals surface area contributed by atoms with E-state index in [1.165, 1.54) is 5.69 Å². The maximum atomic E-state index is 12.6. The van der Waals surface area contributed by atoms with Crippen LogP contribution in [0.2, 0.25) is 0 Å². The molecule has 1 amide bonds. The maximum absolute atomic E-state index is 12.6. The Kier molecular flexibility index (Phi) is 5.91. The second kappa shape index (κ2) is 8.92. The van der Waals surface area contributed by atoms with Crippen molar-refractivity contribution in [2.45, 2.75) is 19.5 Å². The first kappa shape index (κ1) is 19.2. The number of rotatable bonds is 6. The van der Waals surface area contributed by atoms with Crippen molar-refractivity contribution >= 4 is 5.91 Å². The largest absolute Gasteiger partial charge is 0.497 e. The van der Waals surface area contributed by atoms with Crippen LogP contribution in [-0.2, 0) is 17.9 Å². The van der Waals surface area contributed by atoms with E-state index in [0.717, 1.165) is 43.3 Å². The van der Waals surface area contributed by atoms with Gasteiger partial charge in [-0.05, 0) is 42.0 Å². The Morgan fingerprint density at radius 2 is 1.83 bits per heavy atom. The molecule has 0 radical (unpaired) electrons. The second-order valence-corrected chi connectivity index (χ2v) is 7.25. The summed E-state index contributed by atoms with van der Waals surface area (Å²) in [7, 11) is 1.66. The smallest absolute Gasteiger partial charge is 0.224 e. The van der Waals surface area contributed by atoms with Gasteiger partial charge < -0.3 is 14.2 Å². The van der Waals surface area contributed by atoms with E-state index < -0.39 is 0 Å². The van der Waals surface area contributed by atoms with Crippen LogP contribution in [0.5, 0.6) is 5.75 Å². The number of hydrogen-bond donors (Lipinski definition) is 0. The predicted octanol–water partition coefficient (Wildman–Crippen LogP) is 3.12. The molecular formula is C23H26N4O2. The molecule has 6 nitrogen and oxygen atoms in total. The summed E-state index contributed by atoms with van der Waals surface area (Å²) in [6.45, 7) is 3.80. The highest BCUT2D eigenvalue weighted by atomic mass is 16.5. The maximum Gasteiger partial charge on any atom is 0.224 e. The fourth-order valence-electron chi connectivity index (χ4n) is 3.68. The van der Waals surface area contributed by atoms with Crippen molar-refractivity contribution in [2.24, 2.45) is 0 Å². The van der Waals surface area contributed by atoms with Gasteiger partial charge in [-0.3, -0.25) is 9.69 Å². The minimum absolute atomic E-state index is 0.212. The number of pyridine rings is 1. The van der Waals surface area contributed by atoms with Gasteiger partial charge in [-0.15, -0.1) is 0 Å². The molecule has 0 atom stereocenters. The predicted molar refractivity (Wildman–Crippen MR) is 112 cm³/mol. The van der Waals surface area contributed by atoms with Gasteiger partial charge in [0, 0.05) is 57.2 Å². The summed E-state index contributed by atoms with van der Waals surface area (Å²) in [6, 6.07) is 18.0. The molecule has 1 aliphatic rings. The molecule has 0 bridgehead atoms. The monoisotopic (exact) mass is 390 g/mol. The number of benzene rings is 1. The van der Waals surface area contributed by atoms with Crippen LogP contribution < -0.4 is 4.74 Å². The number of hydrogen-bond acceptors (Lipinski definition) is 4. The zero-order valence-electron chi connectivity index (χ0n) is 16.7. The number of aromatic nitrogens is 2. The fraction of sp³-hybridized carbons (Fsp3) is 0.304. The molecule has 3 heterocycles. The van der Waals surface area contributed by atoms with Gasteiger partial charge >= 0.3 is 0 Å². The highest BCUT2D eigenvalue weighted by Gasteiger charge is 2.22. The van der Waals surface area contributed by atoms with E-state index >= 15 is 0 Å². The van der Waals surface area contributed by atoms with Crippen molar-refractivity contribution in [1.82, 2.24) is 19.4 Å². The molecule has 0 N–H and O–H groups in total. The lowest BCUT2D eigenvalue weighted by Crippen LogP contribution is -2.32. The molecule has 29 heavy (non-hydrogen) atoms. The highest BCUT2D eigenvalue weighted by molar-refractivity contribution is 5.76. The van der Waals surface area contributed by atoms with Gasteiger partial charge in [0.15, 0.2) is 0 Å². The third-order valence-electron chi connectivity index (χ3n) is 5.33. The molecular weight excluding hydrogens is 364 g/mol. The van der Waals surface area contributed by atoms with Crippen molar-refractivity contribution in [1.29, 1.82) is 0 Å². The van der Waals surface area contributed by atoms with Crippen LogP contribution in [0.25, 0.3) is 5.82 Å². The molecule has 2 aromatic heterocycles. The molecule has 0 saturated carbocycles. The molecule has 150 valence electrons. The molecule has 0 spiro atoms. The summed E-state index contributed by atoms with van der Waals surface area (Å²) < 4.78 is 7.33. The van der Waals surface area contributed by atoms with E-state index in [4.69, 9.17) is 4.74 Å². The van der Waals surface area contributed by atoms with E-state index in [1.54, 1.807) is 13.3 Å². The summed E-state index contributed by atoms with van der Waals surface area (Å²) >= 11 is 0. The van der Waals surface area contributed by atoms with Gasteiger partial charge in [-0.1, -0.05) is 18.2 Å². The number of carbonyl (C=O) groups is 1. The van der Waals surface area contributed by atoms with Crippen LogP contribution in [0.3, 0.4) is 0 Å². The Bertz CT molecular complexity index is 937. The average molecular weight is 390 g/mol. The summed E-state index contributed by atoms with van der Waals surface area (Å²) in [4.78, 5) is 21.4. The number of carbonyl (C=O) groups excluding carboxylic acids is 1. The molecule has 4 rings (SSSR count). The van der Waals surface area contributed by atoms with Crippen molar-refractivity contribution in [3.63, 3.8) is 0 Å². The fourth-order valence-corrected chi connectivity index (χ4v) is 3.68.